The average molecular weight is 242 g/mol. The van der Waals surface area contributed by atoms with Crippen molar-refractivity contribution in [3.05, 3.63) is 24.5 Å². The Morgan fingerprint density at radius 3 is 2.56 bits per heavy atom. The van der Waals surface area contributed by atoms with Crippen LogP contribution in [0.25, 0.3) is 0 Å². The number of carbonyl (C=O) groups excluding carboxylic acids is 1. The number of hydrogen-bond acceptors (Lipinski definition) is 3. The van der Waals surface area contributed by atoms with Gasteiger partial charge >= 0.3 is 0 Å². The summed E-state index contributed by atoms with van der Waals surface area (Å²) < 4.78 is 0. The Labute approximate surface area is 101 Å². The molecule has 0 aromatic carbocycles. The van der Waals surface area contributed by atoms with Crippen LogP contribution in [0, 0.1) is 5.92 Å². The van der Waals surface area contributed by atoms with E-state index >= 15 is 0 Å². The normalized spacial score (nSPS) is 16.2. The van der Waals surface area contributed by atoms with Gasteiger partial charge in [0.1, 0.15) is 0 Å². The zero-order valence-electron chi connectivity index (χ0n) is 8.98. The highest BCUT2D eigenvalue weighted by Gasteiger charge is 2.20. The Kier molecular flexibility index (Phi) is 5.22. The van der Waals surface area contributed by atoms with Crippen molar-refractivity contribution in [2.24, 2.45) is 5.92 Å². The molecule has 88 valence electrons. The van der Waals surface area contributed by atoms with Crippen LogP contribution in [0.5, 0.6) is 0 Å². The second-order valence-corrected chi connectivity index (χ2v) is 3.75. The first-order chi connectivity index (χ1) is 7.36. The molecule has 16 heavy (non-hydrogen) atoms. The molecule has 0 radical (unpaired) electrons. The number of aromatic nitrogens is 1. The zero-order valence-corrected chi connectivity index (χ0v) is 9.80. The molecule has 0 saturated carbocycles. The van der Waals surface area contributed by atoms with E-state index in [4.69, 9.17) is 0 Å². The highest BCUT2D eigenvalue weighted by atomic mass is 35.5. The summed E-state index contributed by atoms with van der Waals surface area (Å²) in [5.74, 6) is 0.280. The van der Waals surface area contributed by atoms with Crippen LogP contribution >= 0.6 is 12.4 Å². The van der Waals surface area contributed by atoms with E-state index in [1.807, 2.05) is 0 Å². The Morgan fingerprint density at radius 2 is 1.94 bits per heavy atom. The first-order valence-corrected chi connectivity index (χ1v) is 5.28. The van der Waals surface area contributed by atoms with E-state index in [0.29, 0.717) is 0 Å². The number of hydrogen-bond donors (Lipinski definition) is 2. The van der Waals surface area contributed by atoms with Crippen LogP contribution in [0.3, 0.4) is 0 Å². The van der Waals surface area contributed by atoms with E-state index in [0.717, 1.165) is 31.6 Å². The molecule has 0 spiro atoms. The largest absolute Gasteiger partial charge is 0.326 e. The van der Waals surface area contributed by atoms with Gasteiger partial charge in [-0.1, -0.05) is 0 Å². The zero-order chi connectivity index (χ0) is 10.5. The van der Waals surface area contributed by atoms with Crippen LogP contribution in [0.2, 0.25) is 0 Å². The molecule has 5 heteroatoms. The van der Waals surface area contributed by atoms with E-state index < -0.39 is 0 Å². The quantitative estimate of drug-likeness (QED) is 0.824. The van der Waals surface area contributed by atoms with Gasteiger partial charge in [0.15, 0.2) is 0 Å². The van der Waals surface area contributed by atoms with Crippen molar-refractivity contribution in [1.82, 2.24) is 10.3 Å². The molecule has 1 amide bonds. The first-order valence-electron chi connectivity index (χ1n) is 5.28. The maximum absolute atomic E-state index is 11.8. The van der Waals surface area contributed by atoms with Gasteiger partial charge in [0, 0.05) is 24.0 Å². The highest BCUT2D eigenvalue weighted by molar-refractivity contribution is 5.92. The molecular formula is C11H16ClN3O. The molecule has 2 heterocycles. The van der Waals surface area contributed by atoms with Crippen molar-refractivity contribution in [3.63, 3.8) is 0 Å². The monoisotopic (exact) mass is 241 g/mol. The number of halogens is 1. The van der Waals surface area contributed by atoms with E-state index in [1.165, 1.54) is 0 Å². The Hall–Kier alpha value is -1.13. The van der Waals surface area contributed by atoms with Crippen LogP contribution < -0.4 is 10.6 Å². The Balaban J connectivity index is 0.00000128. The van der Waals surface area contributed by atoms with E-state index in [2.05, 4.69) is 15.6 Å². The number of nitrogens with zero attached hydrogens (tertiary/aromatic N) is 1. The third-order valence-corrected chi connectivity index (χ3v) is 2.66. The topological polar surface area (TPSA) is 54.0 Å². The number of pyridine rings is 1. The number of anilines is 1. The summed E-state index contributed by atoms with van der Waals surface area (Å²) >= 11 is 0. The number of carbonyl (C=O) groups is 1. The molecule has 0 atom stereocenters. The van der Waals surface area contributed by atoms with Gasteiger partial charge in [0.2, 0.25) is 5.91 Å². The van der Waals surface area contributed by atoms with E-state index in [1.54, 1.807) is 24.5 Å². The fraction of sp³-hybridized carbons (Fsp3) is 0.455. The third-order valence-electron chi connectivity index (χ3n) is 2.66. The molecule has 1 aliphatic heterocycles. The van der Waals surface area contributed by atoms with Crippen molar-refractivity contribution in [2.45, 2.75) is 12.8 Å². The maximum atomic E-state index is 11.8. The van der Waals surface area contributed by atoms with Gasteiger partial charge in [-0.05, 0) is 38.1 Å². The van der Waals surface area contributed by atoms with Gasteiger partial charge < -0.3 is 10.6 Å². The third kappa shape index (κ3) is 3.47. The van der Waals surface area contributed by atoms with Gasteiger partial charge in [-0.3, -0.25) is 9.78 Å². The molecule has 0 unspecified atom stereocenters. The predicted molar refractivity (Wildman–Crippen MR) is 65.7 cm³/mol. The highest BCUT2D eigenvalue weighted by Crippen LogP contribution is 2.14. The molecule has 2 rings (SSSR count). The number of piperidine rings is 1. The summed E-state index contributed by atoms with van der Waals surface area (Å²) in [5, 5.41) is 6.15. The first kappa shape index (κ1) is 12.9. The lowest BCUT2D eigenvalue weighted by atomic mass is 9.97. The summed E-state index contributed by atoms with van der Waals surface area (Å²) in [6.07, 6.45) is 5.21. The molecule has 1 aromatic rings. The van der Waals surface area contributed by atoms with Crippen molar-refractivity contribution in [1.29, 1.82) is 0 Å². The fourth-order valence-corrected chi connectivity index (χ4v) is 1.76. The number of rotatable bonds is 2. The molecule has 1 fully saturated rings. The Morgan fingerprint density at radius 1 is 1.31 bits per heavy atom. The SMILES string of the molecule is Cl.O=C(Nc1ccncc1)C1CCNCC1. The summed E-state index contributed by atoms with van der Waals surface area (Å²) in [7, 11) is 0. The van der Waals surface area contributed by atoms with Crippen LogP contribution in [0.4, 0.5) is 5.69 Å². The molecule has 0 aliphatic carbocycles. The number of amides is 1. The van der Waals surface area contributed by atoms with Gasteiger partial charge in [-0.25, -0.2) is 0 Å². The van der Waals surface area contributed by atoms with Crippen LogP contribution in [-0.2, 0) is 4.79 Å². The molecular weight excluding hydrogens is 226 g/mol. The van der Waals surface area contributed by atoms with Gasteiger partial charge in [0.05, 0.1) is 0 Å². The predicted octanol–water partition coefficient (Wildman–Crippen LogP) is 1.44. The maximum Gasteiger partial charge on any atom is 0.227 e. The standard InChI is InChI=1S/C11H15N3O.ClH/c15-11(9-1-5-12-6-2-9)14-10-3-7-13-8-4-10;/h3-4,7-9,12H,1-2,5-6H2,(H,13,14,15);1H. The molecule has 2 N–H and O–H groups in total. The van der Waals surface area contributed by atoms with Gasteiger partial charge in [0.25, 0.3) is 0 Å². The van der Waals surface area contributed by atoms with Crippen LogP contribution in [-0.4, -0.2) is 24.0 Å². The molecule has 1 aromatic heterocycles. The van der Waals surface area contributed by atoms with Crippen molar-refractivity contribution < 1.29 is 4.79 Å². The average Bonchev–Trinajstić information content (AvgIpc) is 2.31. The summed E-state index contributed by atoms with van der Waals surface area (Å²) in [4.78, 5) is 15.7. The number of nitrogens with one attached hydrogen (secondary N) is 2. The van der Waals surface area contributed by atoms with Crippen molar-refractivity contribution in [3.8, 4) is 0 Å². The molecule has 0 bridgehead atoms. The van der Waals surface area contributed by atoms with Gasteiger partial charge in [-0.2, -0.15) is 0 Å². The smallest absolute Gasteiger partial charge is 0.227 e. The second-order valence-electron chi connectivity index (χ2n) is 3.75. The molecule has 1 aliphatic rings. The minimum atomic E-state index is 0. The minimum absolute atomic E-state index is 0. The van der Waals surface area contributed by atoms with Crippen molar-refractivity contribution >= 4 is 24.0 Å². The fourth-order valence-electron chi connectivity index (χ4n) is 1.76. The van der Waals surface area contributed by atoms with Gasteiger partial charge in [-0.15, -0.1) is 12.4 Å². The van der Waals surface area contributed by atoms with E-state index in [9.17, 15) is 4.79 Å². The summed E-state index contributed by atoms with van der Waals surface area (Å²) in [5.41, 5.74) is 0.827. The Bertz CT molecular complexity index is 325. The second kappa shape index (κ2) is 6.45. The lowest BCUT2D eigenvalue weighted by molar-refractivity contribution is -0.120. The van der Waals surface area contributed by atoms with Crippen LogP contribution in [0.1, 0.15) is 12.8 Å². The lowest BCUT2D eigenvalue weighted by Gasteiger charge is -2.21. The lowest BCUT2D eigenvalue weighted by Crippen LogP contribution is -2.34. The summed E-state index contributed by atoms with van der Waals surface area (Å²) in [6.45, 7) is 1.88. The summed E-state index contributed by atoms with van der Waals surface area (Å²) in [6, 6.07) is 3.61. The molecule has 1 saturated heterocycles. The van der Waals surface area contributed by atoms with E-state index in [-0.39, 0.29) is 24.2 Å². The van der Waals surface area contributed by atoms with Crippen molar-refractivity contribution in [2.75, 3.05) is 18.4 Å². The van der Waals surface area contributed by atoms with Crippen LogP contribution in [0.15, 0.2) is 24.5 Å². The minimum Gasteiger partial charge on any atom is -0.326 e. The molecule has 4 nitrogen and oxygen atoms in total.